The van der Waals surface area contributed by atoms with Crippen molar-refractivity contribution in [3.8, 4) is 17.2 Å². The fraction of sp³-hybridized carbons (Fsp3) is 0.160. The normalized spacial score (nSPS) is 14.3. The van der Waals surface area contributed by atoms with Crippen molar-refractivity contribution in [2.45, 2.75) is 17.8 Å². The number of amides is 1. The van der Waals surface area contributed by atoms with E-state index in [9.17, 15) is 4.79 Å². The van der Waals surface area contributed by atoms with E-state index in [1.807, 2.05) is 59.2 Å². The van der Waals surface area contributed by atoms with Crippen molar-refractivity contribution in [1.29, 1.82) is 0 Å². The van der Waals surface area contributed by atoms with Crippen LogP contribution < -0.4 is 14.8 Å². The first-order valence-corrected chi connectivity index (χ1v) is 12.5. The summed E-state index contributed by atoms with van der Waals surface area (Å²) in [5, 5.41) is 13.3. The fourth-order valence-electron chi connectivity index (χ4n) is 3.70. The number of nitrogens with one attached hydrogen (secondary N) is 1. The van der Waals surface area contributed by atoms with Gasteiger partial charge in [0.2, 0.25) is 5.91 Å². The summed E-state index contributed by atoms with van der Waals surface area (Å²) < 4.78 is 13.4. The Hall–Kier alpha value is -3.20. The second-order valence-electron chi connectivity index (χ2n) is 7.69. The lowest BCUT2D eigenvalue weighted by Crippen LogP contribution is -2.30. The highest BCUT2D eigenvalue weighted by Crippen LogP contribution is 2.34. The molecule has 0 fully saturated rings. The Kier molecular flexibility index (Phi) is 7.13. The van der Waals surface area contributed by atoms with E-state index in [1.165, 1.54) is 11.8 Å². The van der Waals surface area contributed by atoms with E-state index in [2.05, 4.69) is 15.5 Å². The molecule has 1 N–H and O–H groups in total. The number of hydrogen-bond acceptors (Lipinski definition) is 6. The molecule has 178 valence electrons. The molecule has 2 heterocycles. The van der Waals surface area contributed by atoms with Crippen molar-refractivity contribution in [2.75, 3.05) is 12.4 Å². The number of benzene rings is 3. The van der Waals surface area contributed by atoms with Crippen molar-refractivity contribution in [2.24, 2.45) is 0 Å². The number of para-hydroxylation sites is 2. The van der Waals surface area contributed by atoms with Gasteiger partial charge >= 0.3 is 0 Å². The number of carbonyl (C=O) groups excluding carboxylic acids is 1. The first kappa shape index (κ1) is 23.5. The smallest absolute Gasteiger partial charge is 0.231 e. The molecule has 0 bridgehead atoms. The minimum Gasteiger partial charge on any atom is -0.491 e. The SMILES string of the molecule is O=C(CSc1nnc(COc2ccccc2Cl)n1-c1ccccc1)N[C@@H]1COc2ccc(Cl)cc21. The van der Waals surface area contributed by atoms with Gasteiger partial charge in [0, 0.05) is 16.3 Å². The van der Waals surface area contributed by atoms with Crippen molar-refractivity contribution in [1.82, 2.24) is 20.1 Å². The summed E-state index contributed by atoms with van der Waals surface area (Å²) >= 11 is 13.6. The number of hydrogen-bond donors (Lipinski definition) is 1. The number of nitrogens with zero attached hydrogens (tertiary/aromatic N) is 3. The maximum Gasteiger partial charge on any atom is 0.231 e. The van der Waals surface area contributed by atoms with Crippen LogP contribution in [0, 0.1) is 0 Å². The van der Waals surface area contributed by atoms with Crippen LogP contribution in [0.3, 0.4) is 0 Å². The molecule has 1 atom stereocenters. The summed E-state index contributed by atoms with van der Waals surface area (Å²) in [5.41, 5.74) is 1.74. The average Bonchev–Trinajstić information content (AvgIpc) is 3.46. The van der Waals surface area contributed by atoms with Crippen LogP contribution in [-0.2, 0) is 11.4 Å². The van der Waals surface area contributed by atoms with Crippen molar-refractivity contribution < 1.29 is 14.3 Å². The maximum atomic E-state index is 12.8. The van der Waals surface area contributed by atoms with Crippen molar-refractivity contribution in [3.05, 3.63) is 94.2 Å². The molecule has 0 saturated carbocycles. The summed E-state index contributed by atoms with van der Waals surface area (Å²) in [6.07, 6.45) is 0. The lowest BCUT2D eigenvalue weighted by Gasteiger charge is -2.13. The molecule has 10 heteroatoms. The molecule has 4 aromatic rings. The number of thioether (sulfide) groups is 1. The predicted molar refractivity (Wildman–Crippen MR) is 136 cm³/mol. The minimum absolute atomic E-state index is 0.145. The molecule has 0 spiro atoms. The zero-order chi connectivity index (χ0) is 24.2. The van der Waals surface area contributed by atoms with E-state index in [0.29, 0.717) is 33.4 Å². The standard InChI is InChI=1S/C25H20Cl2N4O3S/c26-16-10-11-21-18(12-16)20(13-33-21)28-24(32)15-35-25-30-29-23(31(25)17-6-2-1-3-7-17)14-34-22-9-5-4-8-19(22)27/h1-12,20H,13-15H2,(H,28,32)/t20-/m1/s1. The third-order valence-electron chi connectivity index (χ3n) is 5.33. The van der Waals surface area contributed by atoms with Gasteiger partial charge in [0.15, 0.2) is 11.0 Å². The van der Waals surface area contributed by atoms with Gasteiger partial charge in [-0.3, -0.25) is 9.36 Å². The molecule has 0 radical (unpaired) electrons. The van der Waals surface area contributed by atoms with Crippen LogP contribution in [-0.4, -0.2) is 33.0 Å². The van der Waals surface area contributed by atoms with E-state index in [-0.39, 0.29) is 24.3 Å². The second-order valence-corrected chi connectivity index (χ2v) is 9.48. The van der Waals surface area contributed by atoms with Gasteiger partial charge in [-0.15, -0.1) is 10.2 Å². The highest BCUT2D eigenvalue weighted by molar-refractivity contribution is 7.99. The molecule has 1 amide bonds. The van der Waals surface area contributed by atoms with Gasteiger partial charge in [-0.1, -0.05) is 65.3 Å². The zero-order valence-electron chi connectivity index (χ0n) is 18.4. The first-order chi connectivity index (χ1) is 17.1. The van der Waals surface area contributed by atoms with Crippen molar-refractivity contribution in [3.63, 3.8) is 0 Å². The summed E-state index contributed by atoms with van der Waals surface area (Å²) in [5.74, 6) is 1.89. The van der Waals surface area contributed by atoms with Crippen LogP contribution in [0.2, 0.25) is 10.0 Å². The summed E-state index contributed by atoms with van der Waals surface area (Å²) in [6.45, 7) is 0.533. The van der Waals surface area contributed by atoms with Gasteiger partial charge in [-0.05, 0) is 42.5 Å². The minimum atomic E-state index is -0.247. The molecule has 0 aliphatic carbocycles. The van der Waals surface area contributed by atoms with E-state index >= 15 is 0 Å². The lowest BCUT2D eigenvalue weighted by atomic mass is 10.1. The Morgan fingerprint density at radius 1 is 1.09 bits per heavy atom. The van der Waals surface area contributed by atoms with Crippen molar-refractivity contribution >= 4 is 40.9 Å². The fourth-order valence-corrected chi connectivity index (χ4v) is 4.85. The van der Waals surface area contributed by atoms with Crippen LogP contribution in [0.1, 0.15) is 17.4 Å². The average molecular weight is 527 g/mol. The number of rotatable bonds is 8. The molecular weight excluding hydrogens is 507 g/mol. The Morgan fingerprint density at radius 2 is 1.89 bits per heavy atom. The monoisotopic (exact) mass is 526 g/mol. The van der Waals surface area contributed by atoms with Crippen LogP contribution in [0.25, 0.3) is 5.69 Å². The molecule has 0 saturated heterocycles. The number of fused-ring (bicyclic) bond motifs is 1. The van der Waals surface area contributed by atoms with Gasteiger partial charge in [0.05, 0.1) is 16.8 Å². The number of halogens is 2. The molecule has 1 aliphatic rings. The second kappa shape index (κ2) is 10.6. The quantitative estimate of drug-likeness (QED) is 0.305. The number of ether oxygens (including phenoxy) is 2. The molecule has 35 heavy (non-hydrogen) atoms. The highest BCUT2D eigenvalue weighted by Gasteiger charge is 2.26. The van der Waals surface area contributed by atoms with E-state index in [1.54, 1.807) is 18.2 Å². The zero-order valence-corrected chi connectivity index (χ0v) is 20.7. The molecule has 1 aromatic heterocycles. The Morgan fingerprint density at radius 3 is 2.71 bits per heavy atom. The van der Waals surface area contributed by atoms with Crippen LogP contribution in [0.4, 0.5) is 0 Å². The van der Waals surface area contributed by atoms with Crippen LogP contribution >= 0.6 is 35.0 Å². The number of aromatic nitrogens is 3. The molecule has 0 unspecified atom stereocenters. The maximum absolute atomic E-state index is 12.8. The first-order valence-electron chi connectivity index (χ1n) is 10.8. The lowest BCUT2D eigenvalue weighted by molar-refractivity contribution is -0.119. The van der Waals surface area contributed by atoms with Gasteiger partial charge in [-0.25, -0.2) is 0 Å². The Balaban J connectivity index is 1.29. The van der Waals surface area contributed by atoms with Crippen LogP contribution in [0.5, 0.6) is 11.5 Å². The van der Waals surface area contributed by atoms with E-state index in [4.69, 9.17) is 32.7 Å². The van der Waals surface area contributed by atoms with E-state index in [0.717, 1.165) is 17.0 Å². The molecular formula is C25H20Cl2N4O3S. The largest absolute Gasteiger partial charge is 0.491 e. The topological polar surface area (TPSA) is 78.3 Å². The van der Waals surface area contributed by atoms with Gasteiger partial charge in [0.1, 0.15) is 24.7 Å². The van der Waals surface area contributed by atoms with Gasteiger partial charge in [0.25, 0.3) is 0 Å². The third kappa shape index (κ3) is 5.40. The molecule has 7 nitrogen and oxygen atoms in total. The highest BCUT2D eigenvalue weighted by atomic mass is 35.5. The summed E-state index contributed by atoms with van der Waals surface area (Å²) in [7, 11) is 0. The Labute approximate surface area is 216 Å². The van der Waals surface area contributed by atoms with Gasteiger partial charge < -0.3 is 14.8 Å². The number of carbonyl (C=O) groups is 1. The van der Waals surface area contributed by atoms with E-state index < -0.39 is 0 Å². The van der Waals surface area contributed by atoms with Crippen LogP contribution in [0.15, 0.2) is 78.0 Å². The summed E-state index contributed by atoms with van der Waals surface area (Å²) in [6, 6.07) is 22.1. The Bertz CT molecular complexity index is 1350. The third-order valence-corrected chi connectivity index (χ3v) is 6.80. The molecule has 5 rings (SSSR count). The van der Waals surface area contributed by atoms with Gasteiger partial charge in [-0.2, -0.15) is 0 Å². The molecule has 1 aliphatic heterocycles. The summed E-state index contributed by atoms with van der Waals surface area (Å²) in [4.78, 5) is 12.8. The molecule has 3 aromatic carbocycles. The predicted octanol–water partition coefficient (Wildman–Crippen LogP) is 5.50.